The summed E-state index contributed by atoms with van der Waals surface area (Å²) in [4.78, 5) is 8.37. The van der Waals surface area contributed by atoms with E-state index in [0.717, 1.165) is 11.4 Å². The second-order valence-corrected chi connectivity index (χ2v) is 6.57. The van der Waals surface area contributed by atoms with Crippen LogP contribution in [0, 0.1) is 13.8 Å². The number of ether oxygens (including phenoxy) is 1. The van der Waals surface area contributed by atoms with E-state index in [1.807, 2.05) is 19.9 Å². The minimum Gasteiger partial charge on any atom is -0.459 e. The summed E-state index contributed by atoms with van der Waals surface area (Å²) >= 11 is 0. The van der Waals surface area contributed by atoms with E-state index in [9.17, 15) is 8.42 Å². The molecule has 1 fully saturated rings. The topological polar surface area (TPSA) is 72.4 Å². The predicted octanol–water partition coefficient (Wildman–Crippen LogP) is 0.506. The van der Waals surface area contributed by atoms with E-state index in [-0.39, 0.29) is 6.10 Å². The highest BCUT2D eigenvalue weighted by Crippen LogP contribution is 2.17. The quantitative estimate of drug-likeness (QED) is 0.800. The molecule has 0 radical (unpaired) electrons. The van der Waals surface area contributed by atoms with E-state index < -0.39 is 10.0 Å². The minimum absolute atomic E-state index is 0.166. The van der Waals surface area contributed by atoms with Gasteiger partial charge in [0.15, 0.2) is 0 Å². The molecule has 0 saturated carbocycles. The van der Waals surface area contributed by atoms with Crippen LogP contribution in [0.3, 0.4) is 0 Å². The van der Waals surface area contributed by atoms with Gasteiger partial charge in [-0.1, -0.05) is 0 Å². The van der Waals surface area contributed by atoms with Crippen molar-refractivity contribution in [1.29, 1.82) is 0 Å². The zero-order valence-corrected chi connectivity index (χ0v) is 11.6. The molecule has 1 atom stereocenters. The summed E-state index contributed by atoms with van der Waals surface area (Å²) < 4.78 is 29.8. The summed E-state index contributed by atoms with van der Waals surface area (Å²) in [6.45, 7) is 4.61. The van der Waals surface area contributed by atoms with Gasteiger partial charge in [0.2, 0.25) is 10.0 Å². The van der Waals surface area contributed by atoms with E-state index in [1.165, 1.54) is 10.6 Å². The standard InChI is InChI=1S/C11H17N3O3S/c1-8-6-9(2)13-11(12-8)17-10-4-5-14(7-10)18(3,15)16/h6,10H,4-5,7H2,1-3H3/t10-/m1/s1. The van der Waals surface area contributed by atoms with Gasteiger partial charge in [-0.15, -0.1) is 0 Å². The lowest BCUT2D eigenvalue weighted by atomic mass is 10.3. The monoisotopic (exact) mass is 271 g/mol. The first kappa shape index (κ1) is 13.2. The Bertz CT molecular complexity index is 524. The SMILES string of the molecule is Cc1cc(C)nc(O[C@@H]2CCN(S(C)(=O)=O)C2)n1. The van der Waals surface area contributed by atoms with Crippen molar-refractivity contribution in [2.75, 3.05) is 19.3 Å². The first-order valence-electron chi connectivity index (χ1n) is 5.78. The van der Waals surface area contributed by atoms with E-state index in [4.69, 9.17) is 4.74 Å². The molecular weight excluding hydrogens is 254 g/mol. The molecule has 6 nitrogen and oxygen atoms in total. The van der Waals surface area contributed by atoms with Crippen molar-refractivity contribution in [2.24, 2.45) is 0 Å². The predicted molar refractivity (Wildman–Crippen MR) is 67.0 cm³/mol. The second kappa shape index (κ2) is 4.81. The van der Waals surface area contributed by atoms with Crippen molar-refractivity contribution in [3.63, 3.8) is 0 Å². The molecule has 1 aromatic rings. The molecular formula is C11H17N3O3S. The van der Waals surface area contributed by atoms with Gasteiger partial charge in [-0.05, 0) is 26.3 Å². The molecule has 0 N–H and O–H groups in total. The fraction of sp³-hybridized carbons (Fsp3) is 0.636. The molecule has 0 aliphatic carbocycles. The van der Waals surface area contributed by atoms with Gasteiger partial charge in [0, 0.05) is 17.9 Å². The van der Waals surface area contributed by atoms with Crippen molar-refractivity contribution >= 4 is 10.0 Å². The van der Waals surface area contributed by atoms with Crippen LogP contribution in [0.1, 0.15) is 17.8 Å². The maximum atomic E-state index is 11.4. The number of hydrogen-bond acceptors (Lipinski definition) is 5. The highest BCUT2D eigenvalue weighted by molar-refractivity contribution is 7.88. The van der Waals surface area contributed by atoms with E-state index in [0.29, 0.717) is 25.5 Å². The average molecular weight is 271 g/mol. The Hall–Kier alpha value is -1.21. The Balaban J connectivity index is 2.03. The van der Waals surface area contributed by atoms with Crippen LogP contribution in [-0.2, 0) is 10.0 Å². The van der Waals surface area contributed by atoms with E-state index >= 15 is 0 Å². The summed E-state index contributed by atoms with van der Waals surface area (Å²) in [5.41, 5.74) is 1.69. The third kappa shape index (κ3) is 3.17. The zero-order chi connectivity index (χ0) is 13.3. The Morgan fingerprint density at radius 3 is 2.44 bits per heavy atom. The van der Waals surface area contributed by atoms with Gasteiger partial charge in [0.05, 0.1) is 12.8 Å². The van der Waals surface area contributed by atoms with Gasteiger partial charge in [-0.25, -0.2) is 18.4 Å². The Morgan fingerprint density at radius 1 is 1.33 bits per heavy atom. The lowest BCUT2D eigenvalue weighted by Crippen LogP contribution is -2.30. The number of aromatic nitrogens is 2. The van der Waals surface area contributed by atoms with Gasteiger partial charge in [-0.3, -0.25) is 0 Å². The molecule has 1 aliphatic rings. The van der Waals surface area contributed by atoms with Crippen molar-refractivity contribution in [2.45, 2.75) is 26.4 Å². The molecule has 0 amide bonds. The second-order valence-electron chi connectivity index (χ2n) is 4.58. The molecule has 1 aliphatic heterocycles. The van der Waals surface area contributed by atoms with Gasteiger partial charge < -0.3 is 4.74 Å². The molecule has 2 heterocycles. The average Bonchev–Trinajstić information content (AvgIpc) is 2.63. The fourth-order valence-corrected chi connectivity index (χ4v) is 2.86. The van der Waals surface area contributed by atoms with Crippen LogP contribution in [0.4, 0.5) is 0 Å². The van der Waals surface area contributed by atoms with Crippen LogP contribution in [0.15, 0.2) is 6.07 Å². The van der Waals surface area contributed by atoms with Crippen LogP contribution >= 0.6 is 0 Å². The van der Waals surface area contributed by atoms with Crippen LogP contribution in [-0.4, -0.2) is 48.1 Å². The number of hydrogen-bond donors (Lipinski definition) is 0. The third-order valence-electron chi connectivity index (χ3n) is 2.81. The smallest absolute Gasteiger partial charge is 0.317 e. The normalized spacial score (nSPS) is 21.2. The van der Waals surface area contributed by atoms with Crippen molar-refractivity contribution in [1.82, 2.24) is 14.3 Å². The summed E-state index contributed by atoms with van der Waals surface area (Å²) in [6, 6.07) is 2.19. The van der Waals surface area contributed by atoms with Gasteiger partial charge >= 0.3 is 6.01 Å². The molecule has 7 heteroatoms. The van der Waals surface area contributed by atoms with E-state index in [2.05, 4.69) is 9.97 Å². The highest BCUT2D eigenvalue weighted by Gasteiger charge is 2.30. The lowest BCUT2D eigenvalue weighted by Gasteiger charge is -2.14. The van der Waals surface area contributed by atoms with Crippen molar-refractivity contribution < 1.29 is 13.2 Å². The van der Waals surface area contributed by atoms with Crippen LogP contribution in [0.5, 0.6) is 6.01 Å². The fourth-order valence-electron chi connectivity index (χ4n) is 1.99. The summed E-state index contributed by atoms with van der Waals surface area (Å²) in [6.07, 6.45) is 1.72. The third-order valence-corrected chi connectivity index (χ3v) is 4.08. The van der Waals surface area contributed by atoms with Crippen molar-refractivity contribution in [3.8, 4) is 6.01 Å². The molecule has 2 rings (SSSR count). The number of sulfonamides is 1. The van der Waals surface area contributed by atoms with Crippen molar-refractivity contribution in [3.05, 3.63) is 17.5 Å². The first-order valence-corrected chi connectivity index (χ1v) is 7.63. The number of nitrogens with zero attached hydrogens (tertiary/aromatic N) is 3. The molecule has 1 saturated heterocycles. The van der Waals surface area contributed by atoms with Gasteiger partial charge in [0.25, 0.3) is 0 Å². The number of aryl methyl sites for hydroxylation is 2. The lowest BCUT2D eigenvalue weighted by molar-refractivity contribution is 0.197. The zero-order valence-electron chi connectivity index (χ0n) is 10.8. The largest absolute Gasteiger partial charge is 0.459 e. The summed E-state index contributed by atoms with van der Waals surface area (Å²) in [5.74, 6) is 0. The summed E-state index contributed by atoms with van der Waals surface area (Å²) in [5, 5.41) is 0. The van der Waals surface area contributed by atoms with E-state index in [1.54, 1.807) is 0 Å². The highest BCUT2D eigenvalue weighted by atomic mass is 32.2. The Labute approximate surface area is 107 Å². The molecule has 100 valence electrons. The van der Waals surface area contributed by atoms with Gasteiger partial charge in [0.1, 0.15) is 6.10 Å². The molecule has 1 aromatic heterocycles. The molecule has 0 aromatic carbocycles. The Morgan fingerprint density at radius 2 is 1.94 bits per heavy atom. The molecule has 0 spiro atoms. The first-order chi connectivity index (χ1) is 8.34. The Kier molecular flexibility index (Phi) is 3.54. The summed E-state index contributed by atoms with van der Waals surface area (Å²) in [7, 11) is -3.13. The maximum Gasteiger partial charge on any atom is 0.317 e. The molecule has 0 unspecified atom stereocenters. The van der Waals surface area contributed by atoms with Gasteiger partial charge in [-0.2, -0.15) is 4.31 Å². The van der Waals surface area contributed by atoms with Crippen LogP contribution in [0.2, 0.25) is 0 Å². The maximum absolute atomic E-state index is 11.4. The number of rotatable bonds is 3. The minimum atomic E-state index is -3.13. The van der Waals surface area contributed by atoms with Crippen LogP contribution < -0.4 is 4.74 Å². The molecule has 18 heavy (non-hydrogen) atoms. The molecule has 0 bridgehead atoms. The van der Waals surface area contributed by atoms with Crippen LogP contribution in [0.25, 0.3) is 0 Å².